The molecule has 5 rings (SSSR count). The SMILES string of the molecule is CCOC(=O)c1ccc(NC(=O)CSc2nnc(CSc3nc4ccccc4s3)n2C2CCCCC2)cc1. The number of thiazole rings is 1. The Bertz CT molecular complexity index is 1360. The van der Waals surface area contributed by atoms with E-state index >= 15 is 0 Å². The molecular weight excluding hydrogens is 539 g/mol. The predicted octanol–water partition coefficient (Wildman–Crippen LogP) is 6.59. The maximum atomic E-state index is 12.7. The molecule has 1 saturated carbocycles. The highest BCUT2D eigenvalue weighted by atomic mass is 32.2. The molecule has 198 valence electrons. The van der Waals surface area contributed by atoms with Crippen molar-refractivity contribution in [3.8, 4) is 0 Å². The van der Waals surface area contributed by atoms with Crippen LogP contribution < -0.4 is 5.32 Å². The van der Waals surface area contributed by atoms with Gasteiger partial charge in [-0.2, -0.15) is 0 Å². The number of anilines is 1. The first-order chi connectivity index (χ1) is 18.6. The van der Waals surface area contributed by atoms with E-state index in [0.717, 1.165) is 33.7 Å². The second-order valence-electron chi connectivity index (χ2n) is 8.93. The molecule has 1 amide bonds. The molecule has 2 aromatic carbocycles. The van der Waals surface area contributed by atoms with Crippen molar-refractivity contribution in [2.45, 2.75) is 60.3 Å². The number of ether oxygens (including phenoxy) is 1. The number of benzene rings is 2. The summed E-state index contributed by atoms with van der Waals surface area (Å²) in [5.41, 5.74) is 2.10. The molecule has 0 bridgehead atoms. The monoisotopic (exact) mass is 567 g/mol. The van der Waals surface area contributed by atoms with E-state index in [4.69, 9.17) is 9.72 Å². The molecule has 4 aromatic rings. The third-order valence-electron chi connectivity index (χ3n) is 6.29. The van der Waals surface area contributed by atoms with Gasteiger partial charge in [0.25, 0.3) is 0 Å². The lowest BCUT2D eigenvalue weighted by Gasteiger charge is -2.25. The summed E-state index contributed by atoms with van der Waals surface area (Å²) in [5.74, 6) is 1.32. The average molecular weight is 568 g/mol. The zero-order valence-electron chi connectivity index (χ0n) is 21.1. The van der Waals surface area contributed by atoms with Crippen molar-refractivity contribution in [1.29, 1.82) is 0 Å². The summed E-state index contributed by atoms with van der Waals surface area (Å²) >= 11 is 4.79. The van der Waals surface area contributed by atoms with Crippen LogP contribution >= 0.6 is 34.9 Å². The molecule has 38 heavy (non-hydrogen) atoms. The van der Waals surface area contributed by atoms with Gasteiger partial charge in [-0.1, -0.05) is 54.9 Å². The van der Waals surface area contributed by atoms with Crippen LogP contribution in [0, 0.1) is 0 Å². The van der Waals surface area contributed by atoms with Gasteiger partial charge in [-0.25, -0.2) is 9.78 Å². The third-order valence-corrected chi connectivity index (χ3v) is 9.40. The third kappa shape index (κ3) is 6.57. The molecule has 0 saturated heterocycles. The zero-order chi connectivity index (χ0) is 26.3. The predicted molar refractivity (Wildman–Crippen MR) is 153 cm³/mol. The van der Waals surface area contributed by atoms with E-state index in [0.29, 0.717) is 29.7 Å². The van der Waals surface area contributed by atoms with Crippen molar-refractivity contribution in [3.05, 3.63) is 59.9 Å². The molecule has 2 aromatic heterocycles. The van der Waals surface area contributed by atoms with Gasteiger partial charge < -0.3 is 14.6 Å². The Hall–Kier alpha value is -2.89. The first-order valence-corrected chi connectivity index (χ1v) is 15.5. The Morgan fingerprint density at radius 3 is 2.61 bits per heavy atom. The lowest BCUT2D eigenvalue weighted by Crippen LogP contribution is -2.18. The van der Waals surface area contributed by atoms with E-state index in [1.807, 2.05) is 18.2 Å². The second-order valence-corrected chi connectivity index (χ2v) is 12.1. The number of hydrogen-bond donors (Lipinski definition) is 1. The molecule has 11 heteroatoms. The van der Waals surface area contributed by atoms with E-state index in [2.05, 4.69) is 26.1 Å². The quantitative estimate of drug-likeness (QED) is 0.169. The maximum Gasteiger partial charge on any atom is 0.338 e. The number of aromatic nitrogens is 4. The normalized spacial score (nSPS) is 14.0. The van der Waals surface area contributed by atoms with Crippen molar-refractivity contribution in [2.75, 3.05) is 17.7 Å². The topological polar surface area (TPSA) is 99.0 Å². The molecule has 1 N–H and O–H groups in total. The summed E-state index contributed by atoms with van der Waals surface area (Å²) < 4.78 is 9.46. The number of carbonyl (C=O) groups excluding carboxylic acids is 2. The van der Waals surface area contributed by atoms with Crippen LogP contribution in [0.4, 0.5) is 5.69 Å². The Kier molecular flexibility index (Phi) is 8.98. The van der Waals surface area contributed by atoms with Crippen molar-refractivity contribution in [3.63, 3.8) is 0 Å². The molecule has 1 aliphatic rings. The molecule has 8 nitrogen and oxygen atoms in total. The first kappa shape index (κ1) is 26.7. The fraction of sp³-hybridized carbons (Fsp3) is 0.370. The summed E-state index contributed by atoms with van der Waals surface area (Å²) in [4.78, 5) is 29.3. The van der Waals surface area contributed by atoms with E-state index in [1.165, 1.54) is 35.7 Å². The molecule has 0 radical (unpaired) electrons. The van der Waals surface area contributed by atoms with Crippen LogP contribution in [0.25, 0.3) is 10.2 Å². The minimum Gasteiger partial charge on any atom is -0.462 e. The van der Waals surface area contributed by atoms with Crippen LogP contribution in [0.2, 0.25) is 0 Å². The summed E-state index contributed by atoms with van der Waals surface area (Å²) in [5, 5.41) is 12.7. The number of para-hydroxylation sites is 1. The fourth-order valence-corrected chi connectivity index (χ4v) is 7.30. The summed E-state index contributed by atoms with van der Waals surface area (Å²) in [6.45, 7) is 2.09. The van der Waals surface area contributed by atoms with Gasteiger partial charge in [0.05, 0.1) is 33.9 Å². The Morgan fingerprint density at radius 2 is 1.84 bits per heavy atom. The smallest absolute Gasteiger partial charge is 0.338 e. The molecule has 0 atom stereocenters. The molecule has 0 unspecified atom stereocenters. The summed E-state index contributed by atoms with van der Waals surface area (Å²) in [6.07, 6.45) is 5.85. The largest absolute Gasteiger partial charge is 0.462 e. The van der Waals surface area contributed by atoms with E-state index in [-0.39, 0.29) is 17.6 Å². The van der Waals surface area contributed by atoms with Gasteiger partial charge in [0.2, 0.25) is 5.91 Å². The minimum atomic E-state index is -0.375. The number of rotatable bonds is 10. The highest BCUT2D eigenvalue weighted by Crippen LogP contribution is 2.36. The number of nitrogens with one attached hydrogen (secondary N) is 1. The molecule has 2 heterocycles. The van der Waals surface area contributed by atoms with Gasteiger partial charge in [-0.15, -0.1) is 21.5 Å². The lowest BCUT2D eigenvalue weighted by molar-refractivity contribution is -0.113. The van der Waals surface area contributed by atoms with E-state index in [9.17, 15) is 9.59 Å². The number of carbonyl (C=O) groups is 2. The van der Waals surface area contributed by atoms with Gasteiger partial charge in [0.1, 0.15) is 5.82 Å². The van der Waals surface area contributed by atoms with Crippen LogP contribution in [-0.2, 0) is 15.3 Å². The number of nitrogens with zero attached hydrogens (tertiary/aromatic N) is 4. The Labute approximate surface area is 234 Å². The zero-order valence-corrected chi connectivity index (χ0v) is 23.5. The first-order valence-electron chi connectivity index (χ1n) is 12.7. The van der Waals surface area contributed by atoms with Gasteiger partial charge in [0.15, 0.2) is 9.50 Å². The van der Waals surface area contributed by atoms with Crippen LogP contribution in [0.3, 0.4) is 0 Å². The molecule has 1 aliphatic carbocycles. The number of amides is 1. The lowest BCUT2D eigenvalue weighted by atomic mass is 9.95. The molecular formula is C27H29N5O3S3. The van der Waals surface area contributed by atoms with Crippen molar-refractivity contribution < 1.29 is 14.3 Å². The molecule has 0 spiro atoms. The highest BCUT2D eigenvalue weighted by molar-refractivity contribution is 8.00. The number of esters is 1. The maximum absolute atomic E-state index is 12.7. The van der Waals surface area contributed by atoms with Gasteiger partial charge in [-0.3, -0.25) is 4.79 Å². The Morgan fingerprint density at radius 1 is 1.05 bits per heavy atom. The van der Waals surface area contributed by atoms with Crippen molar-refractivity contribution in [1.82, 2.24) is 19.7 Å². The highest BCUT2D eigenvalue weighted by Gasteiger charge is 2.24. The Balaban J connectivity index is 1.23. The van der Waals surface area contributed by atoms with E-state index < -0.39 is 0 Å². The van der Waals surface area contributed by atoms with Gasteiger partial charge >= 0.3 is 5.97 Å². The minimum absolute atomic E-state index is 0.137. The van der Waals surface area contributed by atoms with Crippen molar-refractivity contribution in [2.24, 2.45) is 0 Å². The van der Waals surface area contributed by atoms with Crippen LogP contribution in [-0.4, -0.2) is 44.0 Å². The van der Waals surface area contributed by atoms with Crippen LogP contribution in [0.5, 0.6) is 0 Å². The van der Waals surface area contributed by atoms with Gasteiger partial charge in [-0.05, 0) is 56.2 Å². The fourth-order valence-electron chi connectivity index (χ4n) is 4.48. The number of thioether (sulfide) groups is 2. The number of hydrogen-bond acceptors (Lipinski definition) is 9. The average Bonchev–Trinajstić information content (AvgIpc) is 3.55. The molecule has 0 aliphatic heterocycles. The van der Waals surface area contributed by atoms with Crippen molar-refractivity contribution >= 4 is 62.6 Å². The standard InChI is InChI=1S/C27H29N5O3S3/c1-2-35-25(34)18-12-14-19(15-13-18)28-24(33)17-36-26-31-30-23(32(26)20-8-4-3-5-9-20)16-37-27-29-21-10-6-7-11-22(21)38-27/h6-7,10-15,20H,2-5,8-9,16-17H2,1H3,(H,28,33). The van der Waals surface area contributed by atoms with E-state index in [1.54, 1.807) is 54.3 Å². The molecule has 1 fully saturated rings. The second kappa shape index (κ2) is 12.8. The summed E-state index contributed by atoms with van der Waals surface area (Å²) in [6, 6.07) is 15.2. The summed E-state index contributed by atoms with van der Waals surface area (Å²) in [7, 11) is 0. The number of fused-ring (bicyclic) bond motifs is 1. The van der Waals surface area contributed by atoms with Gasteiger partial charge in [0, 0.05) is 11.7 Å². The van der Waals surface area contributed by atoms with Crippen LogP contribution in [0.1, 0.15) is 61.3 Å². The van der Waals surface area contributed by atoms with Crippen LogP contribution in [0.15, 0.2) is 58.0 Å².